The standard InChI is InChI=1S/C20H24O2/c1-2-3-4-11-16-22-20(21)19(17-12-7-5-8-13-17)18-14-9-6-10-15-18/h5-10,12-15,19H,2-4,11,16H2,1H3. The van der Waals surface area contributed by atoms with Gasteiger partial charge >= 0.3 is 5.97 Å². The van der Waals surface area contributed by atoms with E-state index in [4.69, 9.17) is 4.74 Å². The van der Waals surface area contributed by atoms with Gasteiger partial charge in [0.05, 0.1) is 6.61 Å². The first-order valence-electron chi connectivity index (χ1n) is 8.09. The van der Waals surface area contributed by atoms with Gasteiger partial charge in [-0.3, -0.25) is 4.79 Å². The summed E-state index contributed by atoms with van der Waals surface area (Å²) in [6.07, 6.45) is 4.43. The van der Waals surface area contributed by atoms with Crippen molar-refractivity contribution in [2.75, 3.05) is 6.61 Å². The van der Waals surface area contributed by atoms with Crippen LogP contribution in [0.5, 0.6) is 0 Å². The zero-order valence-corrected chi connectivity index (χ0v) is 13.2. The SMILES string of the molecule is CCCCCCOC(=O)C(c1ccccc1)c1ccccc1. The van der Waals surface area contributed by atoms with Gasteiger partial charge in [0.15, 0.2) is 0 Å². The second-order valence-corrected chi connectivity index (χ2v) is 5.48. The van der Waals surface area contributed by atoms with Crippen LogP contribution in [0.15, 0.2) is 60.7 Å². The van der Waals surface area contributed by atoms with Crippen LogP contribution < -0.4 is 0 Å². The van der Waals surface area contributed by atoms with Crippen LogP contribution in [0.4, 0.5) is 0 Å². The number of carbonyl (C=O) groups is 1. The molecule has 0 bridgehead atoms. The van der Waals surface area contributed by atoms with Crippen LogP contribution in [0.3, 0.4) is 0 Å². The maximum absolute atomic E-state index is 12.6. The summed E-state index contributed by atoms with van der Waals surface area (Å²) in [5.41, 5.74) is 1.96. The van der Waals surface area contributed by atoms with Crippen LogP contribution in [0, 0.1) is 0 Å². The number of ether oxygens (including phenoxy) is 1. The summed E-state index contributed by atoms with van der Waals surface area (Å²) in [7, 11) is 0. The largest absolute Gasteiger partial charge is 0.465 e. The maximum atomic E-state index is 12.6. The van der Waals surface area contributed by atoms with Gasteiger partial charge in [0.2, 0.25) is 0 Å². The van der Waals surface area contributed by atoms with Gasteiger partial charge in [-0.15, -0.1) is 0 Å². The number of hydrogen-bond donors (Lipinski definition) is 0. The number of carbonyl (C=O) groups excluding carboxylic acids is 1. The highest BCUT2D eigenvalue weighted by Crippen LogP contribution is 2.26. The van der Waals surface area contributed by atoms with Crippen molar-refractivity contribution in [3.63, 3.8) is 0 Å². The van der Waals surface area contributed by atoms with E-state index in [1.165, 1.54) is 12.8 Å². The average molecular weight is 296 g/mol. The molecule has 0 saturated heterocycles. The summed E-state index contributed by atoms with van der Waals surface area (Å²) in [5.74, 6) is -0.498. The molecule has 0 aromatic heterocycles. The van der Waals surface area contributed by atoms with E-state index >= 15 is 0 Å². The van der Waals surface area contributed by atoms with Crippen molar-refractivity contribution in [3.8, 4) is 0 Å². The molecule has 116 valence electrons. The summed E-state index contributed by atoms with van der Waals surface area (Å²) in [4.78, 5) is 12.6. The molecule has 0 spiro atoms. The molecule has 2 heteroatoms. The highest BCUT2D eigenvalue weighted by atomic mass is 16.5. The Kier molecular flexibility index (Phi) is 6.69. The Morgan fingerprint density at radius 2 is 1.41 bits per heavy atom. The predicted octanol–water partition coefficient (Wildman–Crippen LogP) is 4.94. The summed E-state index contributed by atoms with van der Waals surface area (Å²) in [5, 5.41) is 0. The molecule has 0 fully saturated rings. The van der Waals surface area contributed by atoms with Gasteiger partial charge in [0.1, 0.15) is 5.92 Å². The molecule has 0 aliphatic heterocycles. The Balaban J connectivity index is 2.07. The van der Waals surface area contributed by atoms with Crippen LogP contribution in [-0.4, -0.2) is 12.6 Å². The smallest absolute Gasteiger partial charge is 0.317 e. The number of esters is 1. The molecule has 0 radical (unpaired) electrons. The molecule has 0 saturated carbocycles. The van der Waals surface area contributed by atoms with Gasteiger partial charge in [-0.25, -0.2) is 0 Å². The quantitative estimate of drug-likeness (QED) is 0.509. The third kappa shape index (κ3) is 4.73. The van der Waals surface area contributed by atoms with Crippen molar-refractivity contribution in [1.29, 1.82) is 0 Å². The second-order valence-electron chi connectivity index (χ2n) is 5.48. The highest BCUT2D eigenvalue weighted by molar-refractivity contribution is 5.82. The van der Waals surface area contributed by atoms with Gasteiger partial charge < -0.3 is 4.74 Å². The summed E-state index contributed by atoms with van der Waals surface area (Å²) in [6.45, 7) is 2.68. The lowest BCUT2D eigenvalue weighted by atomic mass is 9.91. The fourth-order valence-corrected chi connectivity index (χ4v) is 2.54. The molecular formula is C20H24O2. The third-order valence-electron chi connectivity index (χ3n) is 3.74. The predicted molar refractivity (Wildman–Crippen MR) is 89.8 cm³/mol. The molecule has 2 nitrogen and oxygen atoms in total. The molecule has 0 aliphatic rings. The van der Waals surface area contributed by atoms with Gasteiger partial charge in [-0.2, -0.15) is 0 Å². The zero-order valence-electron chi connectivity index (χ0n) is 13.2. The van der Waals surface area contributed by atoms with E-state index in [1.54, 1.807) is 0 Å². The van der Waals surface area contributed by atoms with Crippen molar-refractivity contribution in [3.05, 3.63) is 71.8 Å². The van der Waals surface area contributed by atoms with Gasteiger partial charge in [-0.05, 0) is 17.5 Å². The Hall–Kier alpha value is -2.09. The molecule has 0 heterocycles. The zero-order chi connectivity index (χ0) is 15.6. The van der Waals surface area contributed by atoms with Crippen molar-refractivity contribution in [1.82, 2.24) is 0 Å². The first kappa shape index (κ1) is 16.3. The van der Waals surface area contributed by atoms with E-state index in [1.807, 2.05) is 60.7 Å². The summed E-state index contributed by atoms with van der Waals surface area (Å²) >= 11 is 0. The summed E-state index contributed by atoms with van der Waals surface area (Å²) < 4.78 is 5.52. The van der Waals surface area contributed by atoms with Crippen molar-refractivity contribution in [2.24, 2.45) is 0 Å². The molecule has 0 atom stereocenters. The second kappa shape index (κ2) is 9.04. The molecular weight excluding hydrogens is 272 g/mol. The van der Waals surface area contributed by atoms with Crippen molar-refractivity contribution < 1.29 is 9.53 Å². The number of benzene rings is 2. The molecule has 0 aliphatic carbocycles. The molecule has 0 N–H and O–H groups in total. The number of rotatable bonds is 8. The molecule has 2 aromatic rings. The maximum Gasteiger partial charge on any atom is 0.317 e. The lowest BCUT2D eigenvalue weighted by Gasteiger charge is -2.17. The first-order valence-corrected chi connectivity index (χ1v) is 8.09. The molecule has 0 unspecified atom stereocenters. The van der Waals surface area contributed by atoms with E-state index in [-0.39, 0.29) is 11.9 Å². The molecule has 22 heavy (non-hydrogen) atoms. The van der Waals surface area contributed by atoms with E-state index in [9.17, 15) is 4.79 Å². The summed E-state index contributed by atoms with van der Waals surface area (Å²) in [6, 6.07) is 19.7. The van der Waals surface area contributed by atoms with Gasteiger partial charge in [-0.1, -0.05) is 86.8 Å². The monoisotopic (exact) mass is 296 g/mol. The van der Waals surface area contributed by atoms with Crippen LogP contribution in [0.1, 0.15) is 49.7 Å². The minimum Gasteiger partial charge on any atom is -0.465 e. The van der Waals surface area contributed by atoms with Crippen LogP contribution in [0.25, 0.3) is 0 Å². The first-order chi connectivity index (χ1) is 10.8. The fourth-order valence-electron chi connectivity index (χ4n) is 2.54. The van der Waals surface area contributed by atoms with E-state index in [0.717, 1.165) is 24.0 Å². The minimum absolute atomic E-state index is 0.158. The Morgan fingerprint density at radius 1 is 0.864 bits per heavy atom. The number of unbranched alkanes of at least 4 members (excludes halogenated alkanes) is 3. The molecule has 0 amide bonds. The number of hydrogen-bond acceptors (Lipinski definition) is 2. The van der Waals surface area contributed by atoms with E-state index in [2.05, 4.69) is 6.92 Å². The topological polar surface area (TPSA) is 26.3 Å². The van der Waals surface area contributed by atoms with Crippen LogP contribution in [-0.2, 0) is 9.53 Å². The van der Waals surface area contributed by atoms with Gasteiger partial charge in [0.25, 0.3) is 0 Å². The van der Waals surface area contributed by atoms with E-state index in [0.29, 0.717) is 6.61 Å². The third-order valence-corrected chi connectivity index (χ3v) is 3.74. The lowest BCUT2D eigenvalue weighted by molar-refractivity contribution is -0.144. The lowest BCUT2D eigenvalue weighted by Crippen LogP contribution is -2.18. The van der Waals surface area contributed by atoms with Crippen molar-refractivity contribution >= 4 is 5.97 Å². The minimum atomic E-state index is -0.339. The fraction of sp³-hybridized carbons (Fsp3) is 0.350. The molecule has 2 aromatic carbocycles. The van der Waals surface area contributed by atoms with Crippen LogP contribution >= 0.6 is 0 Å². The van der Waals surface area contributed by atoms with Crippen molar-refractivity contribution in [2.45, 2.75) is 38.5 Å². The average Bonchev–Trinajstić information content (AvgIpc) is 2.57. The van der Waals surface area contributed by atoms with E-state index < -0.39 is 0 Å². The molecule has 2 rings (SSSR count). The van der Waals surface area contributed by atoms with Gasteiger partial charge in [0, 0.05) is 0 Å². The Bertz CT molecular complexity index is 509. The highest BCUT2D eigenvalue weighted by Gasteiger charge is 2.23. The normalized spacial score (nSPS) is 10.6. The Morgan fingerprint density at radius 3 is 1.91 bits per heavy atom. The van der Waals surface area contributed by atoms with Crippen LogP contribution in [0.2, 0.25) is 0 Å². The Labute approximate surface area is 133 Å².